The van der Waals surface area contributed by atoms with Crippen LogP contribution in [-0.2, 0) is 16.6 Å². The van der Waals surface area contributed by atoms with Gasteiger partial charge in [-0.25, -0.2) is 18.1 Å². The minimum atomic E-state index is -3.63. The summed E-state index contributed by atoms with van der Waals surface area (Å²) in [5.41, 5.74) is 4.01. The molecule has 2 aromatic carbocycles. The molecular formula is C24H28N4O3S2. The number of rotatable bonds is 6. The van der Waals surface area contributed by atoms with Gasteiger partial charge in [0.15, 0.2) is 0 Å². The Balaban J connectivity index is 1.40. The second kappa shape index (κ2) is 9.72. The van der Waals surface area contributed by atoms with Crippen molar-refractivity contribution >= 4 is 27.3 Å². The average molecular weight is 485 g/mol. The van der Waals surface area contributed by atoms with Crippen molar-refractivity contribution in [2.45, 2.75) is 25.3 Å². The molecule has 0 atom stereocenters. The quantitative estimate of drug-likeness (QED) is 0.581. The number of carbonyl (C=O) groups is 1. The first-order chi connectivity index (χ1) is 15.8. The normalized spacial score (nSPS) is 15.1. The van der Waals surface area contributed by atoms with Gasteiger partial charge >= 0.3 is 0 Å². The number of piperazine rings is 1. The summed E-state index contributed by atoms with van der Waals surface area (Å²) in [6.07, 6.45) is 0. The van der Waals surface area contributed by atoms with Crippen LogP contribution >= 0.6 is 11.3 Å². The number of thiazole rings is 1. The van der Waals surface area contributed by atoms with E-state index in [2.05, 4.69) is 27.1 Å². The Kier molecular flexibility index (Phi) is 6.94. The lowest BCUT2D eigenvalue weighted by atomic mass is 10.0. The van der Waals surface area contributed by atoms with Crippen LogP contribution in [0.2, 0.25) is 0 Å². The van der Waals surface area contributed by atoms with Crippen molar-refractivity contribution in [3.8, 4) is 10.6 Å². The second-order valence-electron chi connectivity index (χ2n) is 8.20. The van der Waals surface area contributed by atoms with Gasteiger partial charge in [0.05, 0.1) is 10.6 Å². The molecule has 7 nitrogen and oxygen atoms in total. The van der Waals surface area contributed by atoms with Crippen LogP contribution < -0.4 is 4.72 Å². The number of nitrogens with zero attached hydrogens (tertiary/aromatic N) is 3. The number of hydrogen-bond acceptors (Lipinski definition) is 6. The Morgan fingerprint density at radius 2 is 1.79 bits per heavy atom. The lowest BCUT2D eigenvalue weighted by Crippen LogP contribution is -2.48. The van der Waals surface area contributed by atoms with Gasteiger partial charge < -0.3 is 4.90 Å². The minimum Gasteiger partial charge on any atom is -0.336 e. The Hall–Kier alpha value is -2.59. The fourth-order valence-corrected chi connectivity index (χ4v) is 5.84. The van der Waals surface area contributed by atoms with Crippen molar-refractivity contribution in [2.75, 3.05) is 33.2 Å². The van der Waals surface area contributed by atoms with Crippen LogP contribution in [0.4, 0.5) is 0 Å². The van der Waals surface area contributed by atoms with Crippen LogP contribution in [0, 0.1) is 13.8 Å². The summed E-state index contributed by atoms with van der Waals surface area (Å²) in [5.74, 6) is -0.134. The van der Waals surface area contributed by atoms with Crippen molar-refractivity contribution in [2.24, 2.45) is 0 Å². The monoisotopic (exact) mass is 484 g/mol. The van der Waals surface area contributed by atoms with E-state index in [1.165, 1.54) is 13.1 Å². The van der Waals surface area contributed by atoms with E-state index >= 15 is 0 Å². The van der Waals surface area contributed by atoms with E-state index in [-0.39, 0.29) is 10.8 Å². The molecule has 1 aliphatic heterocycles. The maximum absolute atomic E-state index is 13.1. The zero-order valence-electron chi connectivity index (χ0n) is 19.0. The molecule has 0 spiro atoms. The Morgan fingerprint density at radius 3 is 2.45 bits per heavy atom. The molecule has 0 aliphatic carbocycles. The number of amides is 1. The summed E-state index contributed by atoms with van der Waals surface area (Å²) < 4.78 is 27.1. The zero-order valence-corrected chi connectivity index (χ0v) is 20.7. The molecule has 2 heterocycles. The van der Waals surface area contributed by atoms with Crippen molar-refractivity contribution in [3.05, 3.63) is 70.2 Å². The number of aryl methyl sites for hydroxylation is 1. The summed E-state index contributed by atoms with van der Waals surface area (Å²) in [5, 5.41) is 3.11. The van der Waals surface area contributed by atoms with Gasteiger partial charge in [-0.15, -0.1) is 11.3 Å². The van der Waals surface area contributed by atoms with Crippen LogP contribution in [0.25, 0.3) is 10.6 Å². The number of sulfonamides is 1. The van der Waals surface area contributed by atoms with Gasteiger partial charge in [0.25, 0.3) is 5.91 Å². The van der Waals surface area contributed by atoms with Gasteiger partial charge in [0.1, 0.15) is 5.01 Å². The largest absolute Gasteiger partial charge is 0.336 e. The molecule has 1 aromatic heterocycles. The fraction of sp³-hybridized carbons (Fsp3) is 0.333. The SMILES string of the molecule is CNS(=O)(=O)c1cc(C(=O)N2CCN(Cc3csc(-c4ccccc4)n3)CC2)cc(C)c1C. The molecule has 1 amide bonds. The molecule has 0 unspecified atom stereocenters. The van der Waals surface area contributed by atoms with Crippen LogP contribution in [0.15, 0.2) is 52.7 Å². The predicted molar refractivity (Wildman–Crippen MR) is 131 cm³/mol. The summed E-state index contributed by atoms with van der Waals surface area (Å²) >= 11 is 1.64. The maximum atomic E-state index is 13.1. The molecule has 1 fully saturated rings. The number of nitrogens with one attached hydrogen (secondary N) is 1. The standard InChI is InChI=1S/C24H28N4O3S2/c1-17-13-20(14-22(18(17)2)33(30,31)25-3)24(29)28-11-9-27(10-12-28)15-21-16-32-23(26-21)19-7-5-4-6-8-19/h4-8,13-14,16,25H,9-12,15H2,1-3H3. The van der Waals surface area contributed by atoms with E-state index in [1.807, 2.05) is 25.1 Å². The Bertz CT molecular complexity index is 1250. The first-order valence-corrected chi connectivity index (χ1v) is 13.2. The summed E-state index contributed by atoms with van der Waals surface area (Å²) in [4.78, 5) is 22.2. The van der Waals surface area contributed by atoms with Crippen molar-refractivity contribution in [1.82, 2.24) is 19.5 Å². The highest BCUT2D eigenvalue weighted by Crippen LogP contribution is 2.25. The first kappa shape index (κ1) is 23.6. The molecule has 0 bridgehead atoms. The van der Waals surface area contributed by atoms with Crippen LogP contribution in [0.5, 0.6) is 0 Å². The first-order valence-electron chi connectivity index (χ1n) is 10.8. The van der Waals surface area contributed by atoms with Gasteiger partial charge in [-0.1, -0.05) is 30.3 Å². The molecule has 1 aliphatic rings. The smallest absolute Gasteiger partial charge is 0.253 e. The van der Waals surface area contributed by atoms with E-state index in [0.29, 0.717) is 24.2 Å². The van der Waals surface area contributed by atoms with E-state index < -0.39 is 10.0 Å². The molecule has 9 heteroatoms. The van der Waals surface area contributed by atoms with Crippen LogP contribution in [0.3, 0.4) is 0 Å². The van der Waals surface area contributed by atoms with Gasteiger partial charge in [-0.3, -0.25) is 9.69 Å². The topological polar surface area (TPSA) is 82.6 Å². The summed E-state index contributed by atoms with van der Waals surface area (Å²) in [6, 6.07) is 13.4. The molecule has 1 saturated heterocycles. The molecule has 174 valence electrons. The van der Waals surface area contributed by atoms with Crippen LogP contribution in [0.1, 0.15) is 27.2 Å². The fourth-order valence-electron chi connectivity index (χ4n) is 3.95. The number of carbonyl (C=O) groups excluding carboxylic acids is 1. The number of aromatic nitrogens is 1. The second-order valence-corrected chi connectivity index (χ2v) is 10.9. The van der Waals surface area contributed by atoms with Gasteiger partial charge in [-0.2, -0.15) is 0 Å². The van der Waals surface area contributed by atoms with Crippen LogP contribution in [-0.4, -0.2) is 62.3 Å². The van der Waals surface area contributed by atoms with Crippen molar-refractivity contribution in [3.63, 3.8) is 0 Å². The van der Waals surface area contributed by atoms with E-state index in [1.54, 1.807) is 29.2 Å². The van der Waals surface area contributed by atoms with E-state index in [9.17, 15) is 13.2 Å². The number of benzene rings is 2. The molecule has 3 aromatic rings. The highest BCUT2D eigenvalue weighted by molar-refractivity contribution is 7.89. The van der Waals surface area contributed by atoms with Crippen molar-refractivity contribution in [1.29, 1.82) is 0 Å². The lowest BCUT2D eigenvalue weighted by molar-refractivity contribution is 0.0627. The summed E-state index contributed by atoms with van der Waals surface area (Å²) in [6.45, 7) is 7.02. The third kappa shape index (κ3) is 5.16. The summed E-state index contributed by atoms with van der Waals surface area (Å²) in [7, 11) is -2.26. The van der Waals surface area contributed by atoms with E-state index in [0.717, 1.165) is 41.5 Å². The molecular weight excluding hydrogens is 456 g/mol. The Labute approximate surface area is 199 Å². The molecule has 4 rings (SSSR count). The highest BCUT2D eigenvalue weighted by Gasteiger charge is 2.25. The molecule has 0 saturated carbocycles. The molecule has 33 heavy (non-hydrogen) atoms. The zero-order chi connectivity index (χ0) is 23.6. The highest BCUT2D eigenvalue weighted by atomic mass is 32.2. The third-order valence-corrected chi connectivity index (χ3v) is 8.52. The minimum absolute atomic E-state index is 0.134. The van der Waals surface area contributed by atoms with Gasteiger partial charge in [0.2, 0.25) is 10.0 Å². The molecule has 1 N–H and O–H groups in total. The van der Waals surface area contributed by atoms with Crippen molar-refractivity contribution < 1.29 is 13.2 Å². The number of hydrogen-bond donors (Lipinski definition) is 1. The predicted octanol–water partition coefficient (Wildman–Crippen LogP) is 3.29. The third-order valence-electron chi connectivity index (χ3n) is 6.04. The molecule has 0 radical (unpaired) electrons. The van der Waals surface area contributed by atoms with Gasteiger partial charge in [0, 0.05) is 49.2 Å². The lowest BCUT2D eigenvalue weighted by Gasteiger charge is -2.34. The maximum Gasteiger partial charge on any atom is 0.253 e. The van der Waals surface area contributed by atoms with Gasteiger partial charge in [-0.05, 0) is 44.2 Å². The van der Waals surface area contributed by atoms with E-state index in [4.69, 9.17) is 4.98 Å². The Morgan fingerprint density at radius 1 is 1.09 bits per heavy atom. The average Bonchev–Trinajstić information content (AvgIpc) is 3.29.